The Balaban J connectivity index is 1.86. The molecule has 3 aromatic carbocycles. The smallest absolute Gasteiger partial charge is 0.258 e. The Morgan fingerprint density at radius 1 is 1.08 bits per heavy atom. The van der Waals surface area contributed by atoms with Crippen LogP contribution in [0.15, 0.2) is 59.1 Å². The van der Waals surface area contributed by atoms with Gasteiger partial charge >= 0.3 is 0 Å². The predicted octanol–water partition coefficient (Wildman–Crippen LogP) is 4.81. The molecule has 3 aromatic rings. The normalized spacial score (nSPS) is 13.9. The quantitative estimate of drug-likeness (QED) is 0.637. The highest BCUT2D eigenvalue weighted by atomic mass is 79.9. The number of hydrogen-bond donors (Lipinski definition) is 0. The molecule has 1 amide bonds. The molecule has 0 radical (unpaired) electrons. The van der Waals surface area contributed by atoms with Crippen molar-refractivity contribution in [3.8, 4) is 5.75 Å². The molecular formula is C20H16BrNO2. The Morgan fingerprint density at radius 2 is 1.92 bits per heavy atom. The second-order valence-corrected chi connectivity index (χ2v) is 6.79. The summed E-state index contributed by atoms with van der Waals surface area (Å²) in [6.07, 6.45) is 0.839. The minimum Gasteiger partial charge on any atom is -0.497 e. The first kappa shape index (κ1) is 15.2. The molecular weight excluding hydrogens is 366 g/mol. The van der Waals surface area contributed by atoms with Crippen molar-refractivity contribution in [3.05, 3.63) is 70.2 Å². The van der Waals surface area contributed by atoms with Crippen LogP contribution in [0.25, 0.3) is 10.8 Å². The van der Waals surface area contributed by atoms with E-state index in [4.69, 9.17) is 4.74 Å². The molecule has 0 saturated carbocycles. The Morgan fingerprint density at radius 3 is 2.75 bits per heavy atom. The maximum atomic E-state index is 13.0. The lowest BCUT2D eigenvalue weighted by atomic mass is 9.97. The summed E-state index contributed by atoms with van der Waals surface area (Å²) < 4.78 is 6.44. The molecule has 0 bridgehead atoms. The summed E-state index contributed by atoms with van der Waals surface area (Å²) in [7, 11) is 1.65. The fourth-order valence-corrected chi connectivity index (χ4v) is 3.70. The molecule has 0 spiro atoms. The topological polar surface area (TPSA) is 29.5 Å². The maximum Gasteiger partial charge on any atom is 0.258 e. The molecule has 0 N–H and O–H groups in total. The molecule has 0 saturated heterocycles. The molecule has 4 rings (SSSR count). The number of rotatable bonds is 2. The first-order valence-corrected chi connectivity index (χ1v) is 8.64. The predicted molar refractivity (Wildman–Crippen MR) is 100 cm³/mol. The fraction of sp³-hybridized carbons (Fsp3) is 0.150. The number of nitrogens with zero attached hydrogens (tertiary/aromatic N) is 1. The number of carbonyl (C=O) groups is 1. The lowest BCUT2D eigenvalue weighted by Gasteiger charge is -2.30. The van der Waals surface area contributed by atoms with Crippen LogP contribution in [-0.4, -0.2) is 19.6 Å². The molecule has 4 heteroatoms. The van der Waals surface area contributed by atoms with Crippen molar-refractivity contribution >= 4 is 38.3 Å². The number of anilines is 1. The van der Waals surface area contributed by atoms with Crippen molar-refractivity contribution in [1.82, 2.24) is 0 Å². The standard InChI is InChI=1S/C20H16BrNO2/c1-24-16-11-13-4-2-3-5-17(13)19(12-16)22-9-8-14-10-15(21)6-7-18(14)20(22)23/h2-7,10-12H,8-9H2,1H3. The molecule has 0 aromatic heterocycles. The third-order valence-corrected chi connectivity index (χ3v) is 4.98. The summed E-state index contributed by atoms with van der Waals surface area (Å²) in [5, 5.41) is 2.13. The van der Waals surface area contributed by atoms with Crippen LogP contribution in [0, 0.1) is 0 Å². The Labute approximate surface area is 149 Å². The van der Waals surface area contributed by atoms with Gasteiger partial charge in [0.15, 0.2) is 0 Å². The van der Waals surface area contributed by atoms with Gasteiger partial charge in [-0.15, -0.1) is 0 Å². The Kier molecular flexibility index (Phi) is 3.77. The van der Waals surface area contributed by atoms with E-state index >= 15 is 0 Å². The summed E-state index contributed by atoms with van der Waals surface area (Å²) in [5.74, 6) is 0.806. The monoisotopic (exact) mass is 381 g/mol. The first-order chi connectivity index (χ1) is 11.7. The van der Waals surface area contributed by atoms with Gasteiger partial charge in [0, 0.05) is 28.0 Å². The summed E-state index contributed by atoms with van der Waals surface area (Å²) >= 11 is 3.48. The number of hydrogen-bond acceptors (Lipinski definition) is 2. The van der Waals surface area contributed by atoms with Crippen LogP contribution in [0.4, 0.5) is 5.69 Å². The van der Waals surface area contributed by atoms with Gasteiger partial charge in [0.2, 0.25) is 0 Å². The van der Waals surface area contributed by atoms with Gasteiger partial charge in [0.05, 0.1) is 12.8 Å². The summed E-state index contributed by atoms with van der Waals surface area (Å²) in [4.78, 5) is 14.9. The Hall–Kier alpha value is -2.33. The highest BCUT2D eigenvalue weighted by molar-refractivity contribution is 9.10. The first-order valence-electron chi connectivity index (χ1n) is 7.84. The van der Waals surface area contributed by atoms with Crippen molar-refractivity contribution in [2.45, 2.75) is 6.42 Å². The minimum atomic E-state index is 0.0437. The van der Waals surface area contributed by atoms with Crippen molar-refractivity contribution in [3.63, 3.8) is 0 Å². The number of methoxy groups -OCH3 is 1. The van der Waals surface area contributed by atoms with E-state index in [-0.39, 0.29) is 5.91 Å². The van der Waals surface area contributed by atoms with Crippen molar-refractivity contribution in [2.24, 2.45) is 0 Å². The van der Waals surface area contributed by atoms with E-state index in [2.05, 4.69) is 22.0 Å². The third kappa shape index (κ3) is 2.47. The van der Waals surface area contributed by atoms with Gasteiger partial charge in [0.25, 0.3) is 5.91 Å². The van der Waals surface area contributed by atoms with Gasteiger partial charge in [-0.3, -0.25) is 4.79 Å². The SMILES string of the molecule is COc1cc(N2CCc3cc(Br)ccc3C2=O)c2ccccc2c1. The molecule has 1 aliphatic rings. The molecule has 0 atom stereocenters. The van der Waals surface area contributed by atoms with Crippen LogP contribution in [0.3, 0.4) is 0 Å². The highest BCUT2D eigenvalue weighted by Gasteiger charge is 2.27. The lowest BCUT2D eigenvalue weighted by Crippen LogP contribution is -2.37. The maximum absolute atomic E-state index is 13.0. The van der Waals surface area contributed by atoms with Gasteiger partial charge in [-0.2, -0.15) is 0 Å². The zero-order valence-corrected chi connectivity index (χ0v) is 14.8. The van der Waals surface area contributed by atoms with Gasteiger partial charge in [-0.05, 0) is 41.6 Å². The number of fused-ring (bicyclic) bond motifs is 2. The van der Waals surface area contributed by atoms with E-state index < -0.39 is 0 Å². The van der Waals surface area contributed by atoms with Gasteiger partial charge in [0.1, 0.15) is 5.75 Å². The Bertz CT molecular complexity index is 952. The number of amides is 1. The largest absolute Gasteiger partial charge is 0.497 e. The fourth-order valence-electron chi connectivity index (χ4n) is 3.29. The van der Waals surface area contributed by atoms with Crippen LogP contribution in [0.2, 0.25) is 0 Å². The van der Waals surface area contributed by atoms with Gasteiger partial charge < -0.3 is 9.64 Å². The van der Waals surface area contributed by atoms with Crippen molar-refractivity contribution in [2.75, 3.05) is 18.6 Å². The molecule has 0 unspecified atom stereocenters. The average molecular weight is 382 g/mol. The molecule has 0 aliphatic carbocycles. The van der Waals surface area contributed by atoms with E-state index in [0.717, 1.165) is 44.2 Å². The van der Waals surface area contributed by atoms with E-state index in [1.165, 1.54) is 0 Å². The van der Waals surface area contributed by atoms with Gasteiger partial charge in [-0.25, -0.2) is 0 Å². The van der Waals surface area contributed by atoms with E-state index in [1.807, 2.05) is 53.4 Å². The molecule has 120 valence electrons. The molecule has 24 heavy (non-hydrogen) atoms. The molecule has 3 nitrogen and oxygen atoms in total. The van der Waals surface area contributed by atoms with Crippen LogP contribution < -0.4 is 9.64 Å². The molecule has 1 aliphatic heterocycles. The van der Waals surface area contributed by atoms with Gasteiger partial charge in [-0.1, -0.05) is 40.2 Å². The summed E-state index contributed by atoms with van der Waals surface area (Å²) in [5.41, 5.74) is 2.78. The number of ether oxygens (including phenoxy) is 1. The van der Waals surface area contributed by atoms with Crippen molar-refractivity contribution in [1.29, 1.82) is 0 Å². The van der Waals surface area contributed by atoms with E-state index in [9.17, 15) is 4.79 Å². The zero-order valence-electron chi connectivity index (χ0n) is 13.3. The average Bonchev–Trinajstić information content (AvgIpc) is 2.61. The molecule has 1 heterocycles. The van der Waals surface area contributed by atoms with Crippen LogP contribution in [0.1, 0.15) is 15.9 Å². The van der Waals surface area contributed by atoms with E-state index in [0.29, 0.717) is 6.54 Å². The number of halogens is 1. The van der Waals surface area contributed by atoms with Crippen LogP contribution in [0.5, 0.6) is 5.75 Å². The number of carbonyl (C=O) groups excluding carboxylic acids is 1. The second-order valence-electron chi connectivity index (χ2n) is 5.88. The minimum absolute atomic E-state index is 0.0437. The van der Waals surface area contributed by atoms with E-state index in [1.54, 1.807) is 7.11 Å². The lowest BCUT2D eigenvalue weighted by molar-refractivity contribution is 0.0981. The van der Waals surface area contributed by atoms with Crippen LogP contribution >= 0.6 is 15.9 Å². The van der Waals surface area contributed by atoms with Crippen LogP contribution in [-0.2, 0) is 6.42 Å². The molecule has 0 fully saturated rings. The number of benzene rings is 3. The zero-order chi connectivity index (χ0) is 16.7. The van der Waals surface area contributed by atoms with Crippen molar-refractivity contribution < 1.29 is 9.53 Å². The highest BCUT2D eigenvalue weighted by Crippen LogP contribution is 2.35. The third-order valence-electron chi connectivity index (χ3n) is 4.49. The summed E-state index contributed by atoms with van der Waals surface area (Å²) in [6.45, 7) is 0.666. The summed E-state index contributed by atoms with van der Waals surface area (Å²) in [6, 6.07) is 17.9. The second kappa shape index (κ2) is 5.95.